The van der Waals surface area contributed by atoms with Crippen LogP contribution in [0.25, 0.3) is 0 Å². The lowest BCUT2D eigenvalue weighted by molar-refractivity contribution is -0.142. The topological polar surface area (TPSA) is 55.8 Å². The first-order valence-corrected chi connectivity index (χ1v) is 7.53. The number of carbonyl (C=O) groups is 2. The lowest BCUT2D eigenvalue weighted by Crippen LogP contribution is -2.39. The molecule has 0 aromatic rings. The fourth-order valence-corrected chi connectivity index (χ4v) is 2.65. The summed E-state index contributed by atoms with van der Waals surface area (Å²) in [6, 6.07) is 0. The summed E-state index contributed by atoms with van der Waals surface area (Å²) in [5.41, 5.74) is 0. The van der Waals surface area contributed by atoms with Crippen LogP contribution in [0, 0.1) is 5.92 Å². The molecule has 0 aromatic heterocycles. The molecule has 0 saturated heterocycles. The van der Waals surface area contributed by atoms with Crippen LogP contribution in [-0.4, -0.2) is 50.7 Å². The van der Waals surface area contributed by atoms with Crippen molar-refractivity contribution >= 4 is 11.9 Å². The molecule has 0 aliphatic heterocycles. The van der Waals surface area contributed by atoms with Crippen LogP contribution in [0.2, 0.25) is 0 Å². The zero-order valence-corrected chi connectivity index (χ0v) is 12.7. The number of amides is 1. The Morgan fingerprint density at radius 3 is 2.25 bits per heavy atom. The monoisotopic (exact) mass is 285 g/mol. The Morgan fingerprint density at radius 1 is 1.05 bits per heavy atom. The molecule has 0 N–H and O–H groups in total. The minimum atomic E-state index is -0.277. The predicted octanol–water partition coefficient (Wildman–Crippen LogP) is 1.99. The van der Waals surface area contributed by atoms with Gasteiger partial charge >= 0.3 is 5.97 Å². The summed E-state index contributed by atoms with van der Waals surface area (Å²) < 4.78 is 9.70. The van der Waals surface area contributed by atoms with Gasteiger partial charge in [-0.05, 0) is 12.8 Å². The number of hydrogen-bond donors (Lipinski definition) is 0. The Kier molecular flexibility index (Phi) is 8.26. The zero-order chi connectivity index (χ0) is 14.8. The smallest absolute Gasteiger partial charge is 0.307 e. The van der Waals surface area contributed by atoms with E-state index in [1.165, 1.54) is 20.0 Å². The molecule has 1 aliphatic carbocycles. The second kappa shape index (κ2) is 9.75. The van der Waals surface area contributed by atoms with Crippen molar-refractivity contribution in [1.82, 2.24) is 4.90 Å². The first-order valence-electron chi connectivity index (χ1n) is 7.53. The van der Waals surface area contributed by atoms with E-state index in [1.54, 1.807) is 12.0 Å². The highest BCUT2D eigenvalue weighted by Gasteiger charge is 2.25. The lowest BCUT2D eigenvalue weighted by Gasteiger charge is -2.26. The summed E-state index contributed by atoms with van der Waals surface area (Å²) in [5.74, 6) is 0.0148. The van der Waals surface area contributed by atoms with Gasteiger partial charge in [0.2, 0.25) is 5.91 Å². The Balaban J connectivity index is 2.54. The Morgan fingerprint density at radius 2 is 1.70 bits per heavy atom. The second-order valence-corrected chi connectivity index (χ2v) is 5.33. The molecule has 20 heavy (non-hydrogen) atoms. The summed E-state index contributed by atoms with van der Waals surface area (Å²) in [5, 5.41) is 0. The van der Waals surface area contributed by atoms with E-state index < -0.39 is 0 Å². The van der Waals surface area contributed by atoms with Gasteiger partial charge in [-0.3, -0.25) is 9.59 Å². The normalized spacial score (nSPS) is 16.5. The van der Waals surface area contributed by atoms with Gasteiger partial charge in [-0.15, -0.1) is 0 Å². The highest BCUT2D eigenvalue weighted by Crippen LogP contribution is 2.24. The summed E-state index contributed by atoms with van der Waals surface area (Å²) in [6.45, 7) is 1.47. The largest absolute Gasteiger partial charge is 0.469 e. The fourth-order valence-electron chi connectivity index (χ4n) is 2.65. The van der Waals surface area contributed by atoms with E-state index in [4.69, 9.17) is 4.74 Å². The number of methoxy groups -OCH3 is 2. The second-order valence-electron chi connectivity index (χ2n) is 5.33. The van der Waals surface area contributed by atoms with E-state index in [1.807, 2.05) is 0 Å². The van der Waals surface area contributed by atoms with Crippen molar-refractivity contribution in [2.45, 2.75) is 44.9 Å². The van der Waals surface area contributed by atoms with Crippen molar-refractivity contribution in [2.24, 2.45) is 5.92 Å². The van der Waals surface area contributed by atoms with Crippen molar-refractivity contribution in [3.63, 3.8) is 0 Å². The average molecular weight is 285 g/mol. The van der Waals surface area contributed by atoms with Gasteiger partial charge in [-0.2, -0.15) is 0 Å². The van der Waals surface area contributed by atoms with Crippen LogP contribution in [0.1, 0.15) is 44.9 Å². The first-order chi connectivity index (χ1) is 9.69. The molecule has 0 aromatic carbocycles. The van der Waals surface area contributed by atoms with E-state index >= 15 is 0 Å². The van der Waals surface area contributed by atoms with Crippen LogP contribution in [0.4, 0.5) is 0 Å². The predicted molar refractivity (Wildman–Crippen MR) is 76.3 cm³/mol. The van der Waals surface area contributed by atoms with Crippen molar-refractivity contribution in [3.8, 4) is 0 Å². The van der Waals surface area contributed by atoms with Crippen LogP contribution in [0.15, 0.2) is 0 Å². The van der Waals surface area contributed by atoms with Gasteiger partial charge < -0.3 is 14.4 Å². The van der Waals surface area contributed by atoms with Crippen LogP contribution in [0.5, 0.6) is 0 Å². The van der Waals surface area contributed by atoms with Crippen LogP contribution in [-0.2, 0) is 19.1 Å². The molecule has 0 radical (unpaired) electrons. The SMILES string of the molecule is COCCN(CCC(=O)OC)C(=O)C1CCCCCC1. The Hall–Kier alpha value is -1.10. The van der Waals surface area contributed by atoms with Crippen LogP contribution < -0.4 is 0 Å². The molecule has 1 rings (SSSR count). The molecule has 1 aliphatic rings. The minimum Gasteiger partial charge on any atom is -0.469 e. The maximum Gasteiger partial charge on any atom is 0.307 e. The Bertz CT molecular complexity index is 298. The fraction of sp³-hybridized carbons (Fsp3) is 0.867. The van der Waals surface area contributed by atoms with E-state index in [2.05, 4.69) is 4.74 Å². The van der Waals surface area contributed by atoms with Gasteiger partial charge in [-0.1, -0.05) is 25.7 Å². The van der Waals surface area contributed by atoms with Crippen LogP contribution >= 0.6 is 0 Å². The molecule has 5 heteroatoms. The minimum absolute atomic E-state index is 0.118. The molecule has 0 heterocycles. The van der Waals surface area contributed by atoms with Crippen molar-refractivity contribution < 1.29 is 19.1 Å². The standard InChI is InChI=1S/C15H27NO4/c1-19-12-11-16(10-9-14(17)20-2)15(18)13-7-5-3-4-6-8-13/h13H,3-12H2,1-2H3. The molecule has 1 amide bonds. The average Bonchev–Trinajstić information content (AvgIpc) is 2.75. The highest BCUT2D eigenvalue weighted by atomic mass is 16.5. The van der Waals surface area contributed by atoms with Gasteiger partial charge in [0.25, 0.3) is 0 Å². The third-order valence-corrected chi connectivity index (χ3v) is 3.89. The van der Waals surface area contributed by atoms with Gasteiger partial charge in [0.15, 0.2) is 0 Å². The molecule has 0 atom stereocenters. The van der Waals surface area contributed by atoms with Crippen LogP contribution in [0.3, 0.4) is 0 Å². The molecule has 1 saturated carbocycles. The quantitative estimate of drug-likeness (QED) is 0.530. The van der Waals surface area contributed by atoms with Gasteiger partial charge in [-0.25, -0.2) is 0 Å². The summed E-state index contributed by atoms with van der Waals surface area (Å²) >= 11 is 0. The number of ether oxygens (including phenoxy) is 2. The van der Waals surface area contributed by atoms with Gasteiger partial charge in [0.1, 0.15) is 0 Å². The maximum absolute atomic E-state index is 12.6. The molecular formula is C15H27NO4. The Labute approximate surface area is 121 Å². The molecular weight excluding hydrogens is 258 g/mol. The van der Waals surface area contributed by atoms with E-state index in [0.717, 1.165) is 25.7 Å². The molecule has 0 unspecified atom stereocenters. The summed E-state index contributed by atoms with van der Waals surface area (Å²) in [7, 11) is 2.99. The molecule has 0 bridgehead atoms. The third-order valence-electron chi connectivity index (χ3n) is 3.89. The molecule has 1 fully saturated rings. The molecule has 116 valence electrons. The lowest BCUT2D eigenvalue weighted by atomic mass is 9.98. The summed E-state index contributed by atoms with van der Waals surface area (Å²) in [6.07, 6.45) is 6.91. The third kappa shape index (κ3) is 5.90. The van der Waals surface area contributed by atoms with E-state index in [-0.39, 0.29) is 24.2 Å². The number of carbonyl (C=O) groups excluding carboxylic acids is 2. The summed E-state index contributed by atoms with van der Waals surface area (Å²) in [4.78, 5) is 25.6. The number of hydrogen-bond acceptors (Lipinski definition) is 4. The van der Waals surface area contributed by atoms with Crippen molar-refractivity contribution in [1.29, 1.82) is 0 Å². The van der Waals surface area contributed by atoms with Crippen molar-refractivity contribution in [3.05, 3.63) is 0 Å². The number of nitrogens with zero attached hydrogens (tertiary/aromatic N) is 1. The number of rotatable bonds is 7. The molecule has 0 spiro atoms. The van der Waals surface area contributed by atoms with Gasteiger partial charge in [0, 0.05) is 26.1 Å². The highest BCUT2D eigenvalue weighted by molar-refractivity contribution is 5.79. The van der Waals surface area contributed by atoms with E-state index in [9.17, 15) is 9.59 Å². The zero-order valence-electron chi connectivity index (χ0n) is 12.7. The van der Waals surface area contributed by atoms with Crippen molar-refractivity contribution in [2.75, 3.05) is 33.9 Å². The number of esters is 1. The van der Waals surface area contributed by atoms with Gasteiger partial charge in [0.05, 0.1) is 20.1 Å². The van der Waals surface area contributed by atoms with E-state index in [0.29, 0.717) is 19.7 Å². The first kappa shape index (κ1) is 17.0. The molecule has 5 nitrogen and oxygen atoms in total. The maximum atomic E-state index is 12.6.